The minimum Gasteiger partial charge on any atom is -0.494 e. The van der Waals surface area contributed by atoms with Crippen LogP contribution in [-0.4, -0.2) is 31.6 Å². The number of nitrogens with two attached hydrogens (primary N) is 1. The predicted molar refractivity (Wildman–Crippen MR) is 64.0 cm³/mol. The highest BCUT2D eigenvalue weighted by Crippen LogP contribution is 2.22. The number of benzene rings is 1. The van der Waals surface area contributed by atoms with Crippen molar-refractivity contribution in [3.63, 3.8) is 0 Å². The zero-order chi connectivity index (χ0) is 13.2. The smallest absolute Gasteiger partial charge is 0.165 e. The first-order valence-electron chi connectivity index (χ1n) is 5.77. The van der Waals surface area contributed by atoms with Gasteiger partial charge in [0.1, 0.15) is 5.54 Å². The van der Waals surface area contributed by atoms with Crippen LogP contribution in [0, 0.1) is 5.82 Å². The Hall–Kier alpha value is -1.46. The number of hydrogen-bond acceptors (Lipinski definition) is 4. The molecular weight excluding hydrogens is 237 g/mol. The Morgan fingerprint density at radius 1 is 1.61 bits per heavy atom. The highest BCUT2D eigenvalue weighted by Gasteiger charge is 2.37. The Morgan fingerprint density at radius 2 is 2.39 bits per heavy atom. The Labute approximate surface area is 105 Å². The zero-order valence-corrected chi connectivity index (χ0v) is 10.2. The number of methoxy groups -OCH3 is 1. The summed E-state index contributed by atoms with van der Waals surface area (Å²) in [6.45, 7) is 0.740. The lowest BCUT2D eigenvalue weighted by atomic mass is 9.90. The van der Waals surface area contributed by atoms with Crippen LogP contribution >= 0.6 is 0 Å². The van der Waals surface area contributed by atoms with Crippen molar-refractivity contribution in [1.82, 2.24) is 0 Å². The first kappa shape index (κ1) is 13.0. The highest BCUT2D eigenvalue weighted by atomic mass is 19.1. The zero-order valence-electron chi connectivity index (χ0n) is 10.2. The number of carbonyl (C=O) groups excluding carboxylic acids is 1. The van der Waals surface area contributed by atoms with Crippen molar-refractivity contribution < 1.29 is 18.7 Å². The second-order valence-corrected chi connectivity index (χ2v) is 4.53. The molecule has 1 unspecified atom stereocenters. The summed E-state index contributed by atoms with van der Waals surface area (Å²) in [5.41, 5.74) is 5.62. The number of Topliss-reactive ketones (excluding diaryl/α,β-unsaturated/α-hetero) is 1. The Balaban J connectivity index is 2.09. The molecule has 1 aromatic carbocycles. The van der Waals surface area contributed by atoms with E-state index < -0.39 is 11.4 Å². The monoisotopic (exact) mass is 253 g/mol. The molecule has 98 valence electrons. The van der Waals surface area contributed by atoms with E-state index in [0.717, 1.165) is 0 Å². The molecule has 0 bridgehead atoms. The summed E-state index contributed by atoms with van der Waals surface area (Å²) in [6.07, 6.45) is 0.630. The molecule has 1 saturated heterocycles. The Bertz CT molecular complexity index is 456. The van der Waals surface area contributed by atoms with Gasteiger partial charge in [-0.1, -0.05) is 6.07 Å². The van der Waals surface area contributed by atoms with E-state index in [1.807, 2.05) is 0 Å². The minimum absolute atomic E-state index is 0.112. The van der Waals surface area contributed by atoms with Gasteiger partial charge in [-0.3, -0.25) is 4.79 Å². The molecule has 5 heteroatoms. The van der Waals surface area contributed by atoms with Crippen molar-refractivity contribution >= 4 is 5.78 Å². The maximum absolute atomic E-state index is 13.5. The van der Waals surface area contributed by atoms with Crippen molar-refractivity contribution in [2.24, 2.45) is 5.73 Å². The molecule has 0 radical (unpaired) electrons. The van der Waals surface area contributed by atoms with Gasteiger partial charge in [-0.25, -0.2) is 4.39 Å². The number of ketones is 1. The average Bonchev–Trinajstić information content (AvgIpc) is 2.78. The lowest BCUT2D eigenvalue weighted by Crippen LogP contribution is -2.49. The number of hydrogen-bond donors (Lipinski definition) is 1. The third-order valence-electron chi connectivity index (χ3n) is 3.19. The van der Waals surface area contributed by atoms with E-state index in [0.29, 0.717) is 18.6 Å². The summed E-state index contributed by atoms with van der Waals surface area (Å²) in [5, 5.41) is 0. The molecule has 4 nitrogen and oxygen atoms in total. The lowest BCUT2D eigenvalue weighted by Gasteiger charge is -2.19. The molecule has 0 amide bonds. The third kappa shape index (κ3) is 2.52. The van der Waals surface area contributed by atoms with Crippen molar-refractivity contribution in [2.45, 2.75) is 18.4 Å². The van der Waals surface area contributed by atoms with Gasteiger partial charge in [-0.05, 0) is 24.1 Å². The van der Waals surface area contributed by atoms with Gasteiger partial charge >= 0.3 is 0 Å². The summed E-state index contributed by atoms with van der Waals surface area (Å²) in [7, 11) is 1.40. The van der Waals surface area contributed by atoms with E-state index >= 15 is 0 Å². The number of ether oxygens (including phenoxy) is 2. The minimum atomic E-state index is -0.920. The molecule has 2 rings (SSSR count). The molecule has 1 fully saturated rings. The van der Waals surface area contributed by atoms with Crippen LogP contribution in [0.1, 0.15) is 12.0 Å². The van der Waals surface area contributed by atoms with Gasteiger partial charge in [-0.2, -0.15) is 0 Å². The molecule has 0 aromatic heterocycles. The first-order chi connectivity index (χ1) is 8.55. The molecule has 0 spiro atoms. The second-order valence-electron chi connectivity index (χ2n) is 4.53. The summed E-state index contributed by atoms with van der Waals surface area (Å²) >= 11 is 0. The first-order valence-corrected chi connectivity index (χ1v) is 5.77. The molecule has 0 saturated carbocycles. The average molecular weight is 253 g/mol. The van der Waals surface area contributed by atoms with Gasteiger partial charge in [0.2, 0.25) is 0 Å². The molecular formula is C13H16FNO3. The number of carbonyl (C=O) groups is 1. The normalized spacial score (nSPS) is 23.1. The topological polar surface area (TPSA) is 61.5 Å². The van der Waals surface area contributed by atoms with Crippen LogP contribution in [-0.2, 0) is 16.0 Å². The largest absolute Gasteiger partial charge is 0.494 e. The maximum atomic E-state index is 13.5. The van der Waals surface area contributed by atoms with E-state index in [1.165, 1.54) is 19.2 Å². The summed E-state index contributed by atoms with van der Waals surface area (Å²) in [6, 6.07) is 4.47. The van der Waals surface area contributed by atoms with Crippen molar-refractivity contribution in [3.05, 3.63) is 29.6 Å². The summed E-state index contributed by atoms with van der Waals surface area (Å²) in [5.74, 6) is -0.432. The fourth-order valence-electron chi connectivity index (χ4n) is 1.98. The molecule has 2 N–H and O–H groups in total. The standard InChI is InChI=1S/C13H16FNO3/c1-17-11-3-2-9(6-10(11)14)7-12(16)13(15)4-5-18-8-13/h2-3,6H,4-5,7-8,15H2,1H3. The van der Waals surface area contributed by atoms with Gasteiger partial charge in [0.05, 0.1) is 13.7 Å². The highest BCUT2D eigenvalue weighted by molar-refractivity contribution is 5.90. The van der Waals surface area contributed by atoms with Gasteiger partial charge in [-0.15, -0.1) is 0 Å². The van der Waals surface area contributed by atoms with Crippen LogP contribution in [0.4, 0.5) is 4.39 Å². The van der Waals surface area contributed by atoms with Crippen molar-refractivity contribution in [1.29, 1.82) is 0 Å². The van der Waals surface area contributed by atoms with Gasteiger partial charge < -0.3 is 15.2 Å². The van der Waals surface area contributed by atoms with Crippen LogP contribution in [0.2, 0.25) is 0 Å². The van der Waals surface area contributed by atoms with E-state index in [1.54, 1.807) is 6.07 Å². The van der Waals surface area contributed by atoms with Crippen LogP contribution < -0.4 is 10.5 Å². The molecule has 0 aliphatic carbocycles. The fourth-order valence-corrected chi connectivity index (χ4v) is 1.98. The third-order valence-corrected chi connectivity index (χ3v) is 3.19. The van der Waals surface area contributed by atoms with E-state index in [-0.39, 0.29) is 24.6 Å². The van der Waals surface area contributed by atoms with Gasteiger partial charge in [0, 0.05) is 13.0 Å². The maximum Gasteiger partial charge on any atom is 0.165 e. The van der Waals surface area contributed by atoms with Crippen molar-refractivity contribution in [3.8, 4) is 5.75 Å². The Kier molecular flexibility index (Phi) is 3.63. The van der Waals surface area contributed by atoms with Gasteiger partial charge in [0.25, 0.3) is 0 Å². The van der Waals surface area contributed by atoms with Crippen LogP contribution in [0.15, 0.2) is 18.2 Å². The molecule has 1 heterocycles. The summed E-state index contributed by atoms with van der Waals surface area (Å²) in [4.78, 5) is 12.0. The Morgan fingerprint density at radius 3 is 2.94 bits per heavy atom. The predicted octanol–water partition coefficient (Wildman–Crippen LogP) is 1.06. The lowest BCUT2D eigenvalue weighted by molar-refractivity contribution is -0.123. The van der Waals surface area contributed by atoms with E-state index in [4.69, 9.17) is 15.2 Å². The molecule has 18 heavy (non-hydrogen) atoms. The molecule has 1 aromatic rings. The molecule has 1 atom stereocenters. The van der Waals surface area contributed by atoms with Crippen LogP contribution in [0.5, 0.6) is 5.75 Å². The van der Waals surface area contributed by atoms with Gasteiger partial charge in [0.15, 0.2) is 17.3 Å². The quantitative estimate of drug-likeness (QED) is 0.871. The van der Waals surface area contributed by atoms with Crippen LogP contribution in [0.3, 0.4) is 0 Å². The molecule has 1 aliphatic rings. The van der Waals surface area contributed by atoms with Crippen LogP contribution in [0.25, 0.3) is 0 Å². The number of halogens is 1. The van der Waals surface area contributed by atoms with Crippen molar-refractivity contribution in [2.75, 3.05) is 20.3 Å². The van der Waals surface area contributed by atoms with E-state index in [9.17, 15) is 9.18 Å². The second kappa shape index (κ2) is 5.04. The van der Waals surface area contributed by atoms with E-state index in [2.05, 4.69) is 0 Å². The number of rotatable bonds is 4. The fraction of sp³-hybridized carbons (Fsp3) is 0.462. The summed E-state index contributed by atoms with van der Waals surface area (Å²) < 4.78 is 23.4. The SMILES string of the molecule is COc1ccc(CC(=O)C2(N)CCOC2)cc1F. The molecule has 1 aliphatic heterocycles.